The summed E-state index contributed by atoms with van der Waals surface area (Å²) in [6.07, 6.45) is 2.14. The summed E-state index contributed by atoms with van der Waals surface area (Å²) >= 11 is 0. The third-order valence-electron chi connectivity index (χ3n) is 2.51. The van der Waals surface area contributed by atoms with Crippen molar-refractivity contribution in [3.63, 3.8) is 0 Å². The van der Waals surface area contributed by atoms with Crippen LogP contribution in [0.2, 0.25) is 0 Å². The Morgan fingerprint density at radius 3 is 2.38 bits per heavy atom. The number of hydrogen-bond acceptors (Lipinski definition) is 3. The highest BCUT2D eigenvalue weighted by molar-refractivity contribution is 8.13. The first kappa shape index (κ1) is 13.5. The Kier molecular flexibility index (Phi) is 3.97. The molecule has 0 spiro atoms. The fourth-order valence-electron chi connectivity index (χ4n) is 1.71. The van der Waals surface area contributed by atoms with E-state index in [1.165, 1.54) is 6.20 Å². The van der Waals surface area contributed by atoms with Gasteiger partial charge in [-0.25, -0.2) is 8.42 Å². The SMILES string of the molecule is Cc1ncc(S(=O)(=O)Cl)c(C)c1CC(C)C. The average molecular weight is 262 g/mol. The van der Waals surface area contributed by atoms with Gasteiger partial charge in [0.15, 0.2) is 0 Å². The zero-order chi connectivity index (χ0) is 12.5. The van der Waals surface area contributed by atoms with Gasteiger partial charge in [-0.3, -0.25) is 4.98 Å². The molecule has 0 N–H and O–H groups in total. The zero-order valence-electron chi connectivity index (χ0n) is 9.91. The topological polar surface area (TPSA) is 47.0 Å². The molecule has 1 aromatic rings. The van der Waals surface area contributed by atoms with E-state index in [0.717, 1.165) is 23.2 Å². The smallest absolute Gasteiger partial charge is 0.260 e. The van der Waals surface area contributed by atoms with Crippen molar-refractivity contribution in [1.82, 2.24) is 4.98 Å². The Hall–Kier alpha value is -0.610. The van der Waals surface area contributed by atoms with Crippen LogP contribution in [0.5, 0.6) is 0 Å². The van der Waals surface area contributed by atoms with Gasteiger partial charge in [-0.05, 0) is 37.3 Å². The largest absolute Gasteiger partial charge is 0.263 e. The van der Waals surface area contributed by atoms with Crippen LogP contribution in [0.25, 0.3) is 0 Å². The molecule has 0 fully saturated rings. The molecule has 0 aliphatic carbocycles. The van der Waals surface area contributed by atoms with Crippen LogP contribution in [-0.2, 0) is 15.5 Å². The van der Waals surface area contributed by atoms with Crippen LogP contribution in [0.15, 0.2) is 11.1 Å². The Morgan fingerprint density at radius 1 is 1.38 bits per heavy atom. The fourth-order valence-corrected chi connectivity index (χ4v) is 2.84. The summed E-state index contributed by atoms with van der Waals surface area (Å²) in [4.78, 5) is 4.22. The molecular formula is C11H16ClNO2S. The molecule has 0 saturated heterocycles. The van der Waals surface area contributed by atoms with Crippen LogP contribution in [0, 0.1) is 19.8 Å². The first-order chi connectivity index (χ1) is 7.23. The lowest BCUT2D eigenvalue weighted by atomic mass is 9.98. The third-order valence-corrected chi connectivity index (χ3v) is 3.95. The van der Waals surface area contributed by atoms with Gasteiger partial charge in [0.05, 0.1) is 0 Å². The molecule has 1 heterocycles. The summed E-state index contributed by atoms with van der Waals surface area (Å²) in [7, 11) is 1.66. The quantitative estimate of drug-likeness (QED) is 0.786. The number of nitrogens with zero attached hydrogens (tertiary/aromatic N) is 1. The third kappa shape index (κ3) is 2.95. The van der Waals surface area contributed by atoms with Crippen molar-refractivity contribution in [2.75, 3.05) is 0 Å². The number of hydrogen-bond donors (Lipinski definition) is 0. The van der Waals surface area contributed by atoms with Gasteiger partial charge < -0.3 is 0 Å². The Bertz CT molecular complexity index is 495. The predicted octanol–water partition coefficient (Wildman–Crippen LogP) is 2.82. The maximum absolute atomic E-state index is 11.3. The maximum atomic E-state index is 11.3. The van der Waals surface area contributed by atoms with E-state index < -0.39 is 9.05 Å². The minimum atomic E-state index is -3.70. The van der Waals surface area contributed by atoms with Crippen molar-refractivity contribution in [3.8, 4) is 0 Å². The Morgan fingerprint density at radius 2 is 1.94 bits per heavy atom. The van der Waals surface area contributed by atoms with Gasteiger partial charge in [0, 0.05) is 22.6 Å². The van der Waals surface area contributed by atoms with E-state index in [1.54, 1.807) is 6.92 Å². The molecule has 0 bridgehead atoms. The van der Waals surface area contributed by atoms with Crippen molar-refractivity contribution in [3.05, 3.63) is 23.0 Å². The van der Waals surface area contributed by atoms with Gasteiger partial charge in [-0.2, -0.15) is 0 Å². The van der Waals surface area contributed by atoms with E-state index in [-0.39, 0.29) is 4.90 Å². The number of halogens is 1. The summed E-state index contributed by atoms with van der Waals surface area (Å²) in [5.41, 5.74) is 2.57. The standard InChI is InChI=1S/C11H16ClNO2S/c1-7(2)5-10-8(3)11(16(12,14)15)6-13-9(10)4/h6-7H,5H2,1-4H3. The van der Waals surface area contributed by atoms with Crippen LogP contribution >= 0.6 is 10.7 Å². The highest BCUT2D eigenvalue weighted by atomic mass is 35.7. The van der Waals surface area contributed by atoms with Crippen LogP contribution in [0.1, 0.15) is 30.7 Å². The van der Waals surface area contributed by atoms with E-state index in [2.05, 4.69) is 18.8 Å². The van der Waals surface area contributed by atoms with Gasteiger partial charge in [0.25, 0.3) is 9.05 Å². The van der Waals surface area contributed by atoms with Crippen molar-refractivity contribution >= 4 is 19.7 Å². The second kappa shape index (κ2) is 4.72. The summed E-state index contributed by atoms with van der Waals surface area (Å²) < 4.78 is 22.7. The van der Waals surface area contributed by atoms with E-state index in [0.29, 0.717) is 5.92 Å². The molecule has 0 amide bonds. The molecule has 3 nitrogen and oxygen atoms in total. The molecule has 0 saturated carbocycles. The fraction of sp³-hybridized carbons (Fsp3) is 0.545. The minimum absolute atomic E-state index is 0.121. The molecule has 1 rings (SSSR count). The van der Waals surface area contributed by atoms with Gasteiger partial charge in [0.2, 0.25) is 0 Å². The van der Waals surface area contributed by atoms with Crippen LogP contribution in [0.3, 0.4) is 0 Å². The second-order valence-electron chi connectivity index (χ2n) is 4.35. The molecule has 90 valence electrons. The lowest BCUT2D eigenvalue weighted by molar-refractivity contribution is 0.606. The van der Waals surface area contributed by atoms with Crippen molar-refractivity contribution in [2.24, 2.45) is 5.92 Å². The summed E-state index contributed by atoms with van der Waals surface area (Å²) in [5, 5.41) is 0. The Labute approximate surface area is 101 Å². The van der Waals surface area contributed by atoms with Gasteiger partial charge in [-0.1, -0.05) is 13.8 Å². The highest BCUT2D eigenvalue weighted by Crippen LogP contribution is 2.25. The summed E-state index contributed by atoms with van der Waals surface area (Å²) in [6, 6.07) is 0. The monoisotopic (exact) mass is 261 g/mol. The van der Waals surface area contributed by atoms with Crippen molar-refractivity contribution < 1.29 is 8.42 Å². The number of aryl methyl sites for hydroxylation is 1. The van der Waals surface area contributed by atoms with Gasteiger partial charge in [0.1, 0.15) is 4.90 Å². The second-order valence-corrected chi connectivity index (χ2v) is 6.88. The lowest BCUT2D eigenvalue weighted by Gasteiger charge is -2.13. The normalized spacial score (nSPS) is 12.1. The molecule has 1 aromatic heterocycles. The molecule has 0 aromatic carbocycles. The molecular weight excluding hydrogens is 246 g/mol. The highest BCUT2D eigenvalue weighted by Gasteiger charge is 2.18. The number of pyridine rings is 1. The molecule has 5 heteroatoms. The molecule has 0 aliphatic heterocycles. The number of aromatic nitrogens is 1. The van der Waals surface area contributed by atoms with Gasteiger partial charge >= 0.3 is 0 Å². The van der Waals surface area contributed by atoms with E-state index >= 15 is 0 Å². The van der Waals surface area contributed by atoms with Gasteiger partial charge in [-0.15, -0.1) is 0 Å². The zero-order valence-corrected chi connectivity index (χ0v) is 11.5. The summed E-state index contributed by atoms with van der Waals surface area (Å²) in [6.45, 7) is 7.83. The minimum Gasteiger partial charge on any atom is -0.260 e. The molecule has 0 unspecified atom stereocenters. The number of rotatable bonds is 3. The van der Waals surface area contributed by atoms with Crippen LogP contribution in [0.4, 0.5) is 0 Å². The molecule has 16 heavy (non-hydrogen) atoms. The van der Waals surface area contributed by atoms with E-state index in [4.69, 9.17) is 10.7 Å². The maximum Gasteiger partial charge on any atom is 0.263 e. The first-order valence-electron chi connectivity index (χ1n) is 5.13. The average Bonchev–Trinajstić information content (AvgIpc) is 2.09. The molecule has 0 atom stereocenters. The lowest BCUT2D eigenvalue weighted by Crippen LogP contribution is -2.06. The van der Waals surface area contributed by atoms with Crippen LogP contribution < -0.4 is 0 Å². The summed E-state index contributed by atoms with van der Waals surface area (Å²) in [5.74, 6) is 0.451. The van der Waals surface area contributed by atoms with E-state index in [9.17, 15) is 8.42 Å². The van der Waals surface area contributed by atoms with E-state index in [1.807, 2.05) is 6.92 Å². The molecule has 0 radical (unpaired) electrons. The first-order valence-corrected chi connectivity index (χ1v) is 7.44. The molecule has 0 aliphatic rings. The van der Waals surface area contributed by atoms with Crippen molar-refractivity contribution in [1.29, 1.82) is 0 Å². The van der Waals surface area contributed by atoms with Crippen LogP contribution in [-0.4, -0.2) is 13.4 Å². The Balaban J connectivity index is 3.39. The predicted molar refractivity (Wildman–Crippen MR) is 65.3 cm³/mol. The van der Waals surface area contributed by atoms with Crippen molar-refractivity contribution in [2.45, 2.75) is 39.0 Å².